The van der Waals surface area contributed by atoms with Crippen LogP contribution in [0.5, 0.6) is 11.5 Å². The smallest absolute Gasteiger partial charge is 0.305 e. The molecule has 2 unspecified atom stereocenters. The van der Waals surface area contributed by atoms with Crippen LogP contribution in [0.25, 0.3) is 0 Å². The number of hydrogen-bond donors (Lipinski definition) is 3. The van der Waals surface area contributed by atoms with Gasteiger partial charge in [-0.05, 0) is 29.7 Å². The number of carbonyl (C=O) groups is 4. The van der Waals surface area contributed by atoms with E-state index in [4.69, 9.17) is 9.47 Å². The standard InChI is InChI=1S/C26H32N2O7S/c1-16(2)24(28-25(32)19-12-18(34-3)10-11-22(19)35-4)26(33)27-20(13-23(30)31)21(29)15-36-14-17-8-6-5-7-9-17/h5-12,16,20,24H,13-15H2,1-4H3,(H,27,33)(H,28,32)(H,30,31). The van der Waals surface area contributed by atoms with Gasteiger partial charge in [-0.3, -0.25) is 19.2 Å². The molecule has 0 saturated heterocycles. The normalized spacial score (nSPS) is 12.4. The first-order chi connectivity index (χ1) is 17.2. The molecule has 0 heterocycles. The maximum atomic E-state index is 13.1. The summed E-state index contributed by atoms with van der Waals surface area (Å²) in [7, 11) is 2.88. The molecule has 36 heavy (non-hydrogen) atoms. The van der Waals surface area contributed by atoms with Crippen LogP contribution in [0.3, 0.4) is 0 Å². The molecule has 0 radical (unpaired) electrons. The number of carboxylic acid groups (broad SMARTS) is 1. The second kappa shape index (κ2) is 14.1. The lowest BCUT2D eigenvalue weighted by Crippen LogP contribution is -2.54. The number of hydrogen-bond acceptors (Lipinski definition) is 7. The first kappa shape index (κ1) is 28.7. The molecule has 3 N–H and O–H groups in total. The van der Waals surface area contributed by atoms with E-state index in [1.165, 1.54) is 32.0 Å². The molecule has 0 spiro atoms. The predicted octanol–water partition coefficient (Wildman–Crippen LogP) is 2.92. The van der Waals surface area contributed by atoms with Crippen LogP contribution < -0.4 is 20.1 Å². The molecule has 0 saturated carbocycles. The fourth-order valence-corrected chi connectivity index (χ4v) is 4.30. The lowest BCUT2D eigenvalue weighted by molar-refractivity contribution is -0.140. The minimum atomic E-state index is -1.22. The van der Waals surface area contributed by atoms with Crippen LogP contribution in [-0.2, 0) is 20.1 Å². The Morgan fingerprint density at radius 3 is 2.25 bits per heavy atom. The lowest BCUT2D eigenvalue weighted by Gasteiger charge is -2.25. The summed E-state index contributed by atoms with van der Waals surface area (Å²) in [6, 6.07) is 12.0. The van der Waals surface area contributed by atoms with Gasteiger partial charge >= 0.3 is 5.97 Å². The average Bonchev–Trinajstić information content (AvgIpc) is 2.86. The van der Waals surface area contributed by atoms with Crippen molar-refractivity contribution in [2.45, 2.75) is 38.1 Å². The molecule has 0 fully saturated rings. The predicted molar refractivity (Wildman–Crippen MR) is 137 cm³/mol. The summed E-state index contributed by atoms with van der Waals surface area (Å²) in [5.74, 6) is -1.84. The summed E-state index contributed by atoms with van der Waals surface area (Å²) in [4.78, 5) is 50.2. The second-order valence-corrected chi connectivity index (χ2v) is 9.35. The van der Waals surface area contributed by atoms with Crippen molar-refractivity contribution in [3.63, 3.8) is 0 Å². The highest BCUT2D eigenvalue weighted by molar-refractivity contribution is 7.99. The highest BCUT2D eigenvalue weighted by Gasteiger charge is 2.30. The van der Waals surface area contributed by atoms with Crippen LogP contribution in [-0.4, -0.2) is 60.7 Å². The molecule has 2 rings (SSSR count). The van der Waals surface area contributed by atoms with Crippen molar-refractivity contribution in [2.24, 2.45) is 5.92 Å². The Morgan fingerprint density at radius 1 is 0.972 bits per heavy atom. The van der Waals surface area contributed by atoms with Gasteiger partial charge in [0.15, 0.2) is 5.78 Å². The number of ketones is 1. The van der Waals surface area contributed by atoms with Crippen molar-refractivity contribution >= 4 is 35.3 Å². The molecule has 194 valence electrons. The number of thioether (sulfide) groups is 1. The van der Waals surface area contributed by atoms with Gasteiger partial charge in [-0.15, -0.1) is 11.8 Å². The molecule has 2 aromatic rings. The fourth-order valence-electron chi connectivity index (χ4n) is 3.37. The maximum absolute atomic E-state index is 13.1. The summed E-state index contributed by atoms with van der Waals surface area (Å²) in [5, 5.41) is 14.5. The van der Waals surface area contributed by atoms with Gasteiger partial charge in [0.25, 0.3) is 5.91 Å². The number of aliphatic carboxylic acids is 1. The summed E-state index contributed by atoms with van der Waals surface area (Å²) in [5.41, 5.74) is 1.20. The van der Waals surface area contributed by atoms with E-state index < -0.39 is 42.1 Å². The quantitative estimate of drug-likeness (QED) is 0.349. The summed E-state index contributed by atoms with van der Waals surface area (Å²) in [6.45, 7) is 3.47. The zero-order chi connectivity index (χ0) is 26.7. The Kier molecular flexibility index (Phi) is 11.3. The number of benzene rings is 2. The highest BCUT2D eigenvalue weighted by Crippen LogP contribution is 2.24. The van der Waals surface area contributed by atoms with E-state index in [0.717, 1.165) is 5.56 Å². The Morgan fingerprint density at radius 2 is 1.67 bits per heavy atom. The van der Waals surface area contributed by atoms with Gasteiger partial charge in [0, 0.05) is 5.75 Å². The van der Waals surface area contributed by atoms with Gasteiger partial charge < -0.3 is 25.2 Å². The zero-order valence-electron chi connectivity index (χ0n) is 20.8. The average molecular weight is 517 g/mol. The summed E-state index contributed by atoms with van der Waals surface area (Å²) in [6.07, 6.45) is -0.557. The molecule has 2 amide bonds. The third-order valence-corrected chi connectivity index (χ3v) is 6.35. The van der Waals surface area contributed by atoms with Crippen molar-refractivity contribution in [1.82, 2.24) is 10.6 Å². The number of ether oxygens (including phenoxy) is 2. The monoisotopic (exact) mass is 516 g/mol. The van der Waals surface area contributed by atoms with Crippen LogP contribution in [0.4, 0.5) is 0 Å². The highest BCUT2D eigenvalue weighted by atomic mass is 32.2. The Labute approximate surface area is 214 Å². The molecule has 2 aromatic carbocycles. The first-order valence-corrected chi connectivity index (χ1v) is 12.5. The molecule has 9 nitrogen and oxygen atoms in total. The fraction of sp³-hybridized carbons (Fsp3) is 0.385. The van der Waals surface area contributed by atoms with Crippen molar-refractivity contribution in [3.05, 3.63) is 59.7 Å². The van der Waals surface area contributed by atoms with Gasteiger partial charge in [0.05, 0.1) is 38.0 Å². The topological polar surface area (TPSA) is 131 Å². The molecule has 0 aliphatic rings. The van der Waals surface area contributed by atoms with E-state index in [-0.39, 0.29) is 17.2 Å². The molecule has 0 aromatic heterocycles. The van der Waals surface area contributed by atoms with E-state index in [1.807, 2.05) is 30.3 Å². The van der Waals surface area contributed by atoms with Gasteiger partial charge in [0.2, 0.25) is 5.91 Å². The molecular weight excluding hydrogens is 484 g/mol. The van der Waals surface area contributed by atoms with Gasteiger partial charge in [-0.25, -0.2) is 0 Å². The van der Waals surface area contributed by atoms with Gasteiger partial charge in [-0.1, -0.05) is 44.2 Å². The second-order valence-electron chi connectivity index (χ2n) is 8.37. The Hall–Kier alpha value is -3.53. The van der Waals surface area contributed by atoms with Crippen LogP contribution >= 0.6 is 11.8 Å². The number of amides is 2. The number of nitrogens with one attached hydrogen (secondary N) is 2. The number of carboxylic acids is 1. The molecule has 0 aliphatic carbocycles. The van der Waals surface area contributed by atoms with Crippen molar-refractivity contribution in [1.29, 1.82) is 0 Å². The Balaban J connectivity index is 2.10. The number of Topliss-reactive ketones (excluding diaryl/α,β-unsaturated/α-hetero) is 1. The molecule has 10 heteroatoms. The van der Waals surface area contributed by atoms with Crippen LogP contribution in [0, 0.1) is 5.92 Å². The first-order valence-electron chi connectivity index (χ1n) is 11.4. The Bertz CT molecular complexity index is 1060. The summed E-state index contributed by atoms with van der Waals surface area (Å²) >= 11 is 1.34. The number of carbonyl (C=O) groups excluding carboxylic acids is 3. The molecule has 0 aliphatic heterocycles. The van der Waals surface area contributed by atoms with E-state index in [0.29, 0.717) is 17.3 Å². The SMILES string of the molecule is COc1ccc(OC)c(C(=O)NC(C(=O)NC(CC(=O)O)C(=O)CSCc2ccccc2)C(C)C)c1. The molecule has 0 bridgehead atoms. The number of rotatable bonds is 14. The van der Waals surface area contributed by atoms with Gasteiger partial charge in [-0.2, -0.15) is 0 Å². The molecule has 2 atom stereocenters. The maximum Gasteiger partial charge on any atom is 0.305 e. The van der Waals surface area contributed by atoms with Crippen molar-refractivity contribution in [3.8, 4) is 11.5 Å². The van der Waals surface area contributed by atoms with Gasteiger partial charge in [0.1, 0.15) is 17.5 Å². The zero-order valence-corrected chi connectivity index (χ0v) is 21.6. The van der Waals surface area contributed by atoms with Crippen molar-refractivity contribution < 1.29 is 33.8 Å². The third-order valence-electron chi connectivity index (χ3n) is 5.33. The van der Waals surface area contributed by atoms with E-state index in [9.17, 15) is 24.3 Å². The third kappa shape index (κ3) is 8.60. The van der Waals surface area contributed by atoms with E-state index in [2.05, 4.69) is 10.6 Å². The summed E-state index contributed by atoms with van der Waals surface area (Å²) < 4.78 is 10.4. The van der Waals surface area contributed by atoms with E-state index >= 15 is 0 Å². The van der Waals surface area contributed by atoms with Crippen molar-refractivity contribution in [2.75, 3.05) is 20.0 Å². The number of methoxy groups -OCH3 is 2. The minimum absolute atomic E-state index is 0.0346. The minimum Gasteiger partial charge on any atom is -0.497 e. The van der Waals surface area contributed by atoms with Crippen LogP contribution in [0.2, 0.25) is 0 Å². The van der Waals surface area contributed by atoms with Crippen LogP contribution in [0.1, 0.15) is 36.2 Å². The largest absolute Gasteiger partial charge is 0.497 e. The molecular formula is C26H32N2O7S. The van der Waals surface area contributed by atoms with E-state index in [1.54, 1.807) is 26.0 Å². The van der Waals surface area contributed by atoms with Crippen LogP contribution in [0.15, 0.2) is 48.5 Å². The lowest BCUT2D eigenvalue weighted by atomic mass is 10.0.